The second kappa shape index (κ2) is 6.53. The fraction of sp³-hybridized carbons (Fsp3) is 0.714. The Morgan fingerprint density at radius 1 is 1.41 bits per heavy atom. The highest BCUT2D eigenvalue weighted by atomic mass is 32.1. The SMILES string of the molecule is CC(C)NCCCCN1CCc2sccc2C1. The molecule has 1 aromatic heterocycles. The molecule has 1 aliphatic heterocycles. The van der Waals surface area contributed by atoms with E-state index in [1.807, 2.05) is 11.3 Å². The summed E-state index contributed by atoms with van der Waals surface area (Å²) < 4.78 is 0. The molecule has 1 N–H and O–H groups in total. The highest BCUT2D eigenvalue weighted by Gasteiger charge is 2.16. The van der Waals surface area contributed by atoms with Crippen molar-refractivity contribution in [3.05, 3.63) is 21.9 Å². The van der Waals surface area contributed by atoms with Gasteiger partial charge in [0, 0.05) is 24.0 Å². The molecule has 2 heterocycles. The van der Waals surface area contributed by atoms with Gasteiger partial charge in [0.2, 0.25) is 0 Å². The van der Waals surface area contributed by atoms with Crippen LogP contribution in [0.4, 0.5) is 0 Å². The van der Waals surface area contributed by atoms with E-state index in [9.17, 15) is 0 Å². The minimum Gasteiger partial charge on any atom is -0.315 e. The Kier molecular flexibility index (Phi) is 5.01. The molecule has 0 spiro atoms. The zero-order chi connectivity index (χ0) is 12.1. The summed E-state index contributed by atoms with van der Waals surface area (Å²) in [5, 5.41) is 5.71. The van der Waals surface area contributed by atoms with E-state index in [0.717, 1.165) is 6.54 Å². The molecule has 96 valence electrons. The van der Waals surface area contributed by atoms with Gasteiger partial charge in [0.25, 0.3) is 0 Å². The largest absolute Gasteiger partial charge is 0.315 e. The standard InChI is InChI=1S/C14H24N2S/c1-12(2)15-7-3-4-8-16-9-5-14-13(11-16)6-10-17-14/h6,10,12,15H,3-5,7-9,11H2,1-2H3. The van der Waals surface area contributed by atoms with Crippen LogP contribution in [0.1, 0.15) is 37.1 Å². The maximum atomic E-state index is 3.48. The summed E-state index contributed by atoms with van der Waals surface area (Å²) in [7, 11) is 0. The molecule has 0 saturated carbocycles. The molecule has 0 fully saturated rings. The lowest BCUT2D eigenvalue weighted by Gasteiger charge is -2.26. The van der Waals surface area contributed by atoms with Crippen LogP contribution in [0.2, 0.25) is 0 Å². The van der Waals surface area contributed by atoms with Crippen LogP contribution in [-0.2, 0) is 13.0 Å². The number of nitrogens with one attached hydrogen (secondary N) is 1. The minimum atomic E-state index is 0.623. The van der Waals surface area contributed by atoms with Crippen molar-refractivity contribution in [1.82, 2.24) is 10.2 Å². The van der Waals surface area contributed by atoms with Crippen LogP contribution in [0.25, 0.3) is 0 Å². The van der Waals surface area contributed by atoms with Crippen LogP contribution < -0.4 is 5.32 Å². The number of thiophene rings is 1. The Morgan fingerprint density at radius 3 is 3.12 bits per heavy atom. The van der Waals surface area contributed by atoms with Crippen LogP contribution in [0.15, 0.2) is 11.4 Å². The molecular weight excluding hydrogens is 228 g/mol. The second-order valence-electron chi connectivity index (χ2n) is 5.21. The van der Waals surface area contributed by atoms with Gasteiger partial charge in [0.15, 0.2) is 0 Å². The maximum Gasteiger partial charge on any atom is 0.0244 e. The fourth-order valence-corrected chi connectivity index (χ4v) is 3.24. The number of hydrogen-bond acceptors (Lipinski definition) is 3. The fourth-order valence-electron chi connectivity index (χ4n) is 2.35. The molecule has 0 amide bonds. The molecule has 0 saturated heterocycles. The summed E-state index contributed by atoms with van der Waals surface area (Å²) in [5.74, 6) is 0. The normalized spacial score (nSPS) is 16.4. The van der Waals surface area contributed by atoms with Gasteiger partial charge < -0.3 is 5.32 Å². The van der Waals surface area contributed by atoms with E-state index in [-0.39, 0.29) is 0 Å². The minimum absolute atomic E-state index is 0.623. The Balaban J connectivity index is 1.62. The van der Waals surface area contributed by atoms with Gasteiger partial charge in [-0.2, -0.15) is 0 Å². The van der Waals surface area contributed by atoms with Crippen molar-refractivity contribution in [2.75, 3.05) is 19.6 Å². The number of unbranched alkanes of at least 4 members (excludes halogenated alkanes) is 1. The van der Waals surface area contributed by atoms with Gasteiger partial charge in [-0.1, -0.05) is 13.8 Å². The molecule has 3 heteroatoms. The average molecular weight is 252 g/mol. The van der Waals surface area contributed by atoms with Gasteiger partial charge in [-0.05, 0) is 49.4 Å². The number of nitrogens with zero attached hydrogens (tertiary/aromatic N) is 1. The Bertz CT molecular complexity index is 333. The van der Waals surface area contributed by atoms with Crippen molar-refractivity contribution >= 4 is 11.3 Å². The Hall–Kier alpha value is -0.380. The Labute approximate surface area is 109 Å². The molecule has 0 bridgehead atoms. The first-order valence-electron chi connectivity index (χ1n) is 6.76. The number of hydrogen-bond donors (Lipinski definition) is 1. The van der Waals surface area contributed by atoms with E-state index in [2.05, 4.69) is 35.5 Å². The molecular formula is C14H24N2S. The maximum absolute atomic E-state index is 3.48. The van der Waals surface area contributed by atoms with Gasteiger partial charge >= 0.3 is 0 Å². The van der Waals surface area contributed by atoms with Crippen LogP contribution >= 0.6 is 11.3 Å². The van der Waals surface area contributed by atoms with Crippen molar-refractivity contribution in [3.8, 4) is 0 Å². The molecule has 0 aromatic carbocycles. The zero-order valence-electron chi connectivity index (χ0n) is 11.0. The van der Waals surface area contributed by atoms with Crippen molar-refractivity contribution in [1.29, 1.82) is 0 Å². The lowest BCUT2D eigenvalue weighted by atomic mass is 10.1. The van der Waals surface area contributed by atoms with Crippen LogP contribution in [-0.4, -0.2) is 30.6 Å². The van der Waals surface area contributed by atoms with E-state index in [1.165, 1.54) is 38.9 Å². The molecule has 0 radical (unpaired) electrons. The van der Waals surface area contributed by atoms with Crippen LogP contribution in [0.5, 0.6) is 0 Å². The summed E-state index contributed by atoms with van der Waals surface area (Å²) in [4.78, 5) is 4.22. The highest BCUT2D eigenvalue weighted by Crippen LogP contribution is 2.23. The van der Waals surface area contributed by atoms with Crippen LogP contribution in [0.3, 0.4) is 0 Å². The lowest BCUT2D eigenvalue weighted by molar-refractivity contribution is 0.250. The summed E-state index contributed by atoms with van der Waals surface area (Å²) in [5.41, 5.74) is 1.57. The van der Waals surface area contributed by atoms with Gasteiger partial charge in [-0.25, -0.2) is 0 Å². The Morgan fingerprint density at radius 2 is 2.29 bits per heavy atom. The first kappa shape index (κ1) is 13.1. The third-order valence-electron chi connectivity index (χ3n) is 3.34. The summed E-state index contributed by atoms with van der Waals surface area (Å²) in [6.45, 7) is 9.28. The quantitative estimate of drug-likeness (QED) is 0.783. The second-order valence-corrected chi connectivity index (χ2v) is 6.21. The van der Waals surface area contributed by atoms with Gasteiger partial charge in [-0.15, -0.1) is 11.3 Å². The molecule has 0 aliphatic carbocycles. The molecule has 0 atom stereocenters. The van der Waals surface area contributed by atoms with E-state index in [0.29, 0.717) is 6.04 Å². The van der Waals surface area contributed by atoms with Crippen molar-refractivity contribution in [3.63, 3.8) is 0 Å². The topological polar surface area (TPSA) is 15.3 Å². The van der Waals surface area contributed by atoms with E-state index >= 15 is 0 Å². The molecule has 1 aliphatic rings. The number of fused-ring (bicyclic) bond motifs is 1. The van der Waals surface area contributed by atoms with Crippen LogP contribution in [0, 0.1) is 0 Å². The molecule has 1 aromatic rings. The monoisotopic (exact) mass is 252 g/mol. The van der Waals surface area contributed by atoms with E-state index < -0.39 is 0 Å². The van der Waals surface area contributed by atoms with E-state index in [1.54, 1.807) is 10.4 Å². The van der Waals surface area contributed by atoms with Crippen molar-refractivity contribution in [2.45, 2.75) is 45.7 Å². The van der Waals surface area contributed by atoms with Gasteiger partial charge in [-0.3, -0.25) is 4.90 Å². The first-order valence-corrected chi connectivity index (χ1v) is 7.64. The highest BCUT2D eigenvalue weighted by molar-refractivity contribution is 7.10. The molecule has 0 unspecified atom stereocenters. The predicted molar refractivity (Wildman–Crippen MR) is 75.7 cm³/mol. The molecule has 2 rings (SSSR count). The summed E-state index contributed by atoms with van der Waals surface area (Å²) in [6, 6.07) is 2.92. The van der Waals surface area contributed by atoms with E-state index in [4.69, 9.17) is 0 Å². The third-order valence-corrected chi connectivity index (χ3v) is 4.36. The summed E-state index contributed by atoms with van der Waals surface area (Å²) >= 11 is 1.93. The molecule has 17 heavy (non-hydrogen) atoms. The third kappa shape index (κ3) is 4.09. The molecule has 2 nitrogen and oxygen atoms in total. The van der Waals surface area contributed by atoms with Crippen molar-refractivity contribution < 1.29 is 0 Å². The lowest BCUT2D eigenvalue weighted by Crippen LogP contribution is -2.31. The predicted octanol–water partition coefficient (Wildman–Crippen LogP) is 2.88. The van der Waals surface area contributed by atoms with Gasteiger partial charge in [0.1, 0.15) is 0 Å². The number of rotatable bonds is 6. The smallest absolute Gasteiger partial charge is 0.0244 e. The summed E-state index contributed by atoms with van der Waals surface area (Å²) in [6.07, 6.45) is 3.88. The van der Waals surface area contributed by atoms with Gasteiger partial charge in [0.05, 0.1) is 0 Å². The zero-order valence-corrected chi connectivity index (χ0v) is 11.9. The first-order chi connectivity index (χ1) is 8.25. The average Bonchev–Trinajstić information content (AvgIpc) is 2.75. The van der Waals surface area contributed by atoms with Crippen molar-refractivity contribution in [2.24, 2.45) is 0 Å².